The average molecular weight is 690 g/mol. The largest absolute Gasteiger partial charge is 0.264 e. The molecular formula is C51H35N3. The summed E-state index contributed by atoms with van der Waals surface area (Å²) < 4.78 is 0. The molecule has 0 fully saturated rings. The Morgan fingerprint density at radius 1 is 0.241 bits per heavy atom. The Bertz CT molecular complexity index is 2590. The van der Waals surface area contributed by atoms with E-state index in [0.29, 0.717) is 0 Å². The van der Waals surface area contributed by atoms with Crippen molar-refractivity contribution >= 4 is 0 Å². The lowest BCUT2D eigenvalue weighted by Crippen LogP contribution is -1.94. The highest BCUT2D eigenvalue weighted by Gasteiger charge is 2.18. The number of hydrogen-bond donors (Lipinski definition) is 0. The Morgan fingerprint density at radius 3 is 1.09 bits per heavy atom. The normalized spacial score (nSPS) is 11.0. The Kier molecular flexibility index (Phi) is 8.94. The van der Waals surface area contributed by atoms with Crippen LogP contribution in [0.15, 0.2) is 213 Å². The van der Waals surface area contributed by atoms with Crippen LogP contribution in [0.3, 0.4) is 0 Å². The van der Waals surface area contributed by atoms with Gasteiger partial charge in [-0.25, -0.2) is 0 Å². The molecule has 0 aliphatic heterocycles. The molecule has 0 bridgehead atoms. The van der Waals surface area contributed by atoms with Crippen LogP contribution in [0.1, 0.15) is 0 Å². The van der Waals surface area contributed by atoms with Crippen molar-refractivity contribution in [3.05, 3.63) is 213 Å². The summed E-state index contributed by atoms with van der Waals surface area (Å²) in [4.78, 5) is 14.0. The number of rotatable bonds is 8. The van der Waals surface area contributed by atoms with Crippen LogP contribution in [0.4, 0.5) is 0 Å². The zero-order chi connectivity index (χ0) is 36.1. The van der Waals surface area contributed by atoms with E-state index in [0.717, 1.165) is 89.1 Å². The number of hydrogen-bond acceptors (Lipinski definition) is 3. The molecule has 9 aromatic rings. The van der Waals surface area contributed by atoms with Crippen LogP contribution in [-0.4, -0.2) is 15.0 Å². The number of benzene rings is 6. The predicted molar refractivity (Wildman–Crippen MR) is 223 cm³/mol. The smallest absolute Gasteiger partial charge is 0.0708 e. The van der Waals surface area contributed by atoms with Gasteiger partial charge in [-0.2, -0.15) is 0 Å². The second-order valence-corrected chi connectivity index (χ2v) is 13.3. The molecule has 0 unspecified atom stereocenters. The summed E-state index contributed by atoms with van der Waals surface area (Å²) in [5.74, 6) is 0. The maximum absolute atomic E-state index is 5.06. The zero-order valence-electron chi connectivity index (χ0n) is 29.5. The van der Waals surface area contributed by atoms with E-state index in [1.54, 1.807) is 0 Å². The third-order valence-corrected chi connectivity index (χ3v) is 9.94. The fourth-order valence-corrected chi connectivity index (χ4v) is 7.37. The molecule has 0 amide bonds. The molecule has 54 heavy (non-hydrogen) atoms. The monoisotopic (exact) mass is 689 g/mol. The van der Waals surface area contributed by atoms with Gasteiger partial charge in [0, 0.05) is 53.2 Å². The quantitative estimate of drug-likeness (QED) is 0.159. The SMILES string of the molecule is c1ccc(-c2cc(-c3ccccc3)c(-c3ccccc3-c3cc(-c4ccccc4-c4cccnc4)cc(-c4ccccc4-c4cccnc4)c3)cn2)cc1. The second kappa shape index (κ2) is 14.8. The molecule has 0 spiro atoms. The van der Waals surface area contributed by atoms with E-state index in [1.807, 2.05) is 49.2 Å². The molecule has 0 saturated carbocycles. The van der Waals surface area contributed by atoms with Crippen molar-refractivity contribution in [1.82, 2.24) is 15.0 Å². The van der Waals surface area contributed by atoms with Crippen LogP contribution in [0.2, 0.25) is 0 Å². The van der Waals surface area contributed by atoms with Crippen LogP contribution in [0.25, 0.3) is 89.1 Å². The van der Waals surface area contributed by atoms with Gasteiger partial charge in [-0.05, 0) is 97.6 Å². The van der Waals surface area contributed by atoms with Crippen LogP contribution < -0.4 is 0 Å². The van der Waals surface area contributed by atoms with Gasteiger partial charge in [0.1, 0.15) is 0 Å². The Morgan fingerprint density at radius 2 is 0.630 bits per heavy atom. The minimum Gasteiger partial charge on any atom is -0.264 e. The zero-order valence-corrected chi connectivity index (χ0v) is 29.5. The van der Waals surface area contributed by atoms with Gasteiger partial charge in [0.25, 0.3) is 0 Å². The highest BCUT2D eigenvalue weighted by molar-refractivity contribution is 5.96. The molecule has 0 aliphatic rings. The van der Waals surface area contributed by atoms with Gasteiger partial charge < -0.3 is 0 Å². The summed E-state index contributed by atoms with van der Waals surface area (Å²) in [6.07, 6.45) is 9.56. The molecule has 3 nitrogen and oxygen atoms in total. The first-order chi connectivity index (χ1) is 26.8. The second-order valence-electron chi connectivity index (χ2n) is 13.3. The van der Waals surface area contributed by atoms with Crippen LogP contribution in [0, 0.1) is 0 Å². The molecule has 0 saturated heterocycles. The third-order valence-electron chi connectivity index (χ3n) is 9.94. The van der Waals surface area contributed by atoms with E-state index in [2.05, 4.69) is 174 Å². The van der Waals surface area contributed by atoms with Gasteiger partial charge in [-0.3, -0.25) is 15.0 Å². The number of aromatic nitrogens is 3. The van der Waals surface area contributed by atoms with Crippen molar-refractivity contribution in [1.29, 1.82) is 0 Å². The molecule has 0 atom stereocenters. The van der Waals surface area contributed by atoms with E-state index in [-0.39, 0.29) is 0 Å². The standard InChI is InChI=1S/C51H35N3/c1-3-15-36(16-4-1)49-32-51(37-17-5-2-6-18-37)54-35-50(49)48-26-12-11-25-47(48)42-30-40(45-23-9-7-21-43(45)38-19-13-27-52-33-38)29-41(31-42)46-24-10-8-22-44(46)39-20-14-28-53-34-39/h1-35H. The van der Waals surface area contributed by atoms with Crippen molar-refractivity contribution < 1.29 is 0 Å². The van der Waals surface area contributed by atoms with Crippen LogP contribution >= 0.6 is 0 Å². The van der Waals surface area contributed by atoms with Crippen molar-refractivity contribution in [2.24, 2.45) is 0 Å². The molecule has 9 rings (SSSR count). The van der Waals surface area contributed by atoms with Crippen molar-refractivity contribution in [2.45, 2.75) is 0 Å². The van der Waals surface area contributed by atoms with Crippen LogP contribution in [0.5, 0.6) is 0 Å². The summed E-state index contributed by atoms with van der Waals surface area (Å²) in [6.45, 7) is 0. The van der Waals surface area contributed by atoms with Gasteiger partial charge in [0.2, 0.25) is 0 Å². The summed E-state index contributed by atoms with van der Waals surface area (Å²) in [5.41, 5.74) is 17.7. The third kappa shape index (κ3) is 6.51. The highest BCUT2D eigenvalue weighted by atomic mass is 14.7. The number of pyridine rings is 3. The van der Waals surface area contributed by atoms with Gasteiger partial charge in [0.15, 0.2) is 0 Å². The van der Waals surface area contributed by atoms with Gasteiger partial charge in [-0.15, -0.1) is 0 Å². The van der Waals surface area contributed by atoms with Gasteiger partial charge >= 0.3 is 0 Å². The molecule has 254 valence electrons. The minimum atomic E-state index is 0.944. The molecule has 3 heterocycles. The summed E-state index contributed by atoms with van der Waals surface area (Å²) in [7, 11) is 0. The van der Waals surface area contributed by atoms with E-state index in [9.17, 15) is 0 Å². The van der Waals surface area contributed by atoms with Gasteiger partial charge in [0.05, 0.1) is 5.69 Å². The maximum Gasteiger partial charge on any atom is 0.0708 e. The first-order valence-electron chi connectivity index (χ1n) is 18.2. The van der Waals surface area contributed by atoms with E-state index in [1.165, 1.54) is 0 Å². The topological polar surface area (TPSA) is 38.7 Å². The summed E-state index contributed by atoms with van der Waals surface area (Å²) >= 11 is 0. The first kappa shape index (κ1) is 32.7. The lowest BCUT2D eigenvalue weighted by Gasteiger charge is -2.19. The average Bonchev–Trinajstić information content (AvgIpc) is 3.27. The lowest BCUT2D eigenvalue weighted by molar-refractivity contribution is 1.32. The van der Waals surface area contributed by atoms with E-state index >= 15 is 0 Å². The van der Waals surface area contributed by atoms with Crippen molar-refractivity contribution in [3.63, 3.8) is 0 Å². The summed E-state index contributed by atoms with van der Waals surface area (Å²) in [6, 6.07) is 64.4. The predicted octanol–water partition coefficient (Wildman–Crippen LogP) is 13.2. The lowest BCUT2D eigenvalue weighted by atomic mass is 9.85. The highest BCUT2D eigenvalue weighted by Crippen LogP contribution is 2.44. The Balaban J connectivity index is 1.29. The summed E-state index contributed by atoms with van der Waals surface area (Å²) in [5, 5.41) is 0. The van der Waals surface area contributed by atoms with E-state index in [4.69, 9.17) is 4.98 Å². The molecule has 6 aromatic carbocycles. The molecule has 0 N–H and O–H groups in total. The Hall–Kier alpha value is -7.23. The minimum absolute atomic E-state index is 0.944. The molecule has 3 aromatic heterocycles. The molecular weight excluding hydrogens is 655 g/mol. The first-order valence-corrected chi connectivity index (χ1v) is 18.2. The van der Waals surface area contributed by atoms with Crippen molar-refractivity contribution in [2.75, 3.05) is 0 Å². The Labute approximate surface area is 316 Å². The molecule has 3 heteroatoms. The molecule has 0 radical (unpaired) electrons. The van der Waals surface area contributed by atoms with Crippen molar-refractivity contribution in [3.8, 4) is 89.1 Å². The van der Waals surface area contributed by atoms with Gasteiger partial charge in [-0.1, -0.05) is 146 Å². The number of nitrogens with zero attached hydrogens (tertiary/aromatic N) is 3. The fraction of sp³-hybridized carbons (Fsp3) is 0. The molecule has 0 aliphatic carbocycles. The van der Waals surface area contributed by atoms with E-state index < -0.39 is 0 Å². The maximum atomic E-state index is 5.06. The van der Waals surface area contributed by atoms with Crippen LogP contribution in [-0.2, 0) is 0 Å². The fourth-order valence-electron chi connectivity index (χ4n) is 7.37.